The number of carbonyl (C=O) groups is 2. The molecule has 0 spiro atoms. The minimum atomic E-state index is -4.33. The van der Waals surface area contributed by atoms with Crippen molar-refractivity contribution in [3.05, 3.63) is 23.8 Å². The summed E-state index contributed by atoms with van der Waals surface area (Å²) < 4.78 is 74.9. The number of ether oxygens (including phenoxy) is 2. The van der Waals surface area contributed by atoms with Gasteiger partial charge in [0.1, 0.15) is 12.3 Å². The Balaban J connectivity index is 1.59. The number of ketones is 1. The van der Waals surface area contributed by atoms with E-state index in [1.807, 2.05) is 6.92 Å². The fourth-order valence-corrected chi connectivity index (χ4v) is 9.46. The van der Waals surface area contributed by atoms with Gasteiger partial charge in [-0.25, -0.2) is 18.1 Å². The van der Waals surface area contributed by atoms with Crippen molar-refractivity contribution in [3.63, 3.8) is 0 Å². The van der Waals surface area contributed by atoms with Crippen molar-refractivity contribution < 1.29 is 51.1 Å². The molecule has 5 aliphatic rings. The second kappa shape index (κ2) is 10.1. The maximum Gasteiger partial charge on any atom is 0.532 e. The topological polar surface area (TPSA) is 118 Å². The predicted octanol–water partition coefficient (Wildman–Crippen LogP) is 4.92. The molecule has 3 saturated carbocycles. The summed E-state index contributed by atoms with van der Waals surface area (Å²) in [6, 6.07) is 0. The zero-order chi connectivity index (χ0) is 29.3. The van der Waals surface area contributed by atoms with Crippen LogP contribution in [0, 0.1) is 22.7 Å². The second-order valence-electron chi connectivity index (χ2n) is 12.0. The van der Waals surface area contributed by atoms with E-state index in [9.17, 15) is 19.3 Å². The number of carbonyl (C=O) groups excluding carboxylic acids is 2. The number of phosphoric ester groups is 1. The average Bonchev–Trinajstić information content (AvgIpc) is 3.35. The number of hydrogen-bond acceptors (Lipinski definition) is 9. The van der Waals surface area contributed by atoms with Crippen LogP contribution in [0.3, 0.4) is 0 Å². The van der Waals surface area contributed by atoms with Gasteiger partial charge < -0.3 is 19.1 Å². The summed E-state index contributed by atoms with van der Waals surface area (Å²) in [5, 5.41) is 11.6. The molecule has 0 radical (unpaired) electrons. The Morgan fingerprint density at radius 2 is 1.85 bits per heavy atom. The molecule has 0 amide bonds. The van der Waals surface area contributed by atoms with Gasteiger partial charge in [0.25, 0.3) is 0 Å². The highest BCUT2D eigenvalue weighted by Crippen LogP contribution is 2.72. The first-order chi connectivity index (χ1) is 18.8. The van der Waals surface area contributed by atoms with E-state index in [0.29, 0.717) is 12.8 Å². The summed E-state index contributed by atoms with van der Waals surface area (Å²) in [6.45, 7) is 8.18. The van der Waals surface area contributed by atoms with Gasteiger partial charge in [0.15, 0.2) is 23.3 Å². The third-order valence-corrected chi connectivity index (χ3v) is 11.6. The second-order valence-corrected chi connectivity index (χ2v) is 13.5. The van der Waals surface area contributed by atoms with Gasteiger partial charge in [-0.1, -0.05) is 26.3 Å². The summed E-state index contributed by atoms with van der Waals surface area (Å²) in [4.78, 5) is 26.2. The molecular formula is C28H39F2O9P. The third kappa shape index (κ3) is 3.91. The summed E-state index contributed by atoms with van der Waals surface area (Å²) in [5.41, 5.74) is -7.04. The van der Waals surface area contributed by atoms with E-state index in [-0.39, 0.29) is 38.0 Å². The van der Waals surface area contributed by atoms with Crippen LogP contribution in [-0.4, -0.2) is 66.0 Å². The predicted molar refractivity (Wildman–Crippen MR) is 138 cm³/mol. The highest BCUT2D eigenvalue weighted by atomic mass is 31.2. The number of halogens is 2. The first-order valence-corrected chi connectivity index (χ1v) is 15.6. The number of phosphoric acid groups is 1. The lowest BCUT2D eigenvalue weighted by atomic mass is 9.44. The van der Waals surface area contributed by atoms with Gasteiger partial charge in [-0.15, -0.1) is 0 Å². The van der Waals surface area contributed by atoms with E-state index in [4.69, 9.17) is 23.0 Å². The molecule has 5 rings (SSSR count). The van der Waals surface area contributed by atoms with E-state index >= 15 is 8.78 Å². The minimum absolute atomic E-state index is 0.0126. The molecule has 1 saturated heterocycles. The molecule has 1 N–H and O–H groups in total. The van der Waals surface area contributed by atoms with Crippen LogP contribution in [0.25, 0.3) is 0 Å². The Labute approximate surface area is 233 Å². The zero-order valence-corrected chi connectivity index (χ0v) is 24.5. The summed E-state index contributed by atoms with van der Waals surface area (Å²) in [6.07, 6.45) is -0.552. The van der Waals surface area contributed by atoms with E-state index in [1.165, 1.54) is 19.1 Å². The maximum absolute atomic E-state index is 17.5. The van der Waals surface area contributed by atoms with Crippen LogP contribution in [-0.2, 0) is 37.2 Å². The van der Waals surface area contributed by atoms with Gasteiger partial charge in [-0.3, -0.25) is 13.8 Å². The largest absolute Gasteiger partial charge is 0.532 e. The average molecular weight is 589 g/mol. The first kappa shape index (κ1) is 30.0. The molecule has 4 aliphatic carbocycles. The van der Waals surface area contributed by atoms with Gasteiger partial charge in [0.2, 0.25) is 0 Å². The van der Waals surface area contributed by atoms with Crippen LogP contribution in [0.1, 0.15) is 66.7 Å². The quantitative estimate of drug-likeness (QED) is 0.394. The minimum Gasteiger partial charge on any atom is -0.390 e. The van der Waals surface area contributed by atoms with Crippen LogP contribution in [0.2, 0.25) is 0 Å². The van der Waals surface area contributed by atoms with Crippen molar-refractivity contribution in [2.24, 2.45) is 22.7 Å². The highest BCUT2D eigenvalue weighted by molar-refractivity contribution is 7.49. The van der Waals surface area contributed by atoms with E-state index in [0.717, 1.165) is 6.08 Å². The van der Waals surface area contributed by atoms with Crippen molar-refractivity contribution in [2.45, 2.75) is 103 Å². The van der Waals surface area contributed by atoms with E-state index in [1.54, 1.807) is 20.8 Å². The van der Waals surface area contributed by atoms with Crippen LogP contribution < -0.4 is 0 Å². The lowest BCUT2D eigenvalue weighted by molar-refractivity contribution is -0.239. The Morgan fingerprint density at radius 3 is 2.48 bits per heavy atom. The molecule has 0 aromatic rings. The molecule has 4 fully saturated rings. The number of allylic oxidation sites excluding steroid dienone is 4. The first-order valence-electron chi connectivity index (χ1n) is 14.2. The number of hydrogen-bond donors (Lipinski definition) is 1. The van der Waals surface area contributed by atoms with Gasteiger partial charge in [-0.2, -0.15) is 0 Å². The Hall–Kier alpha value is -1.49. The molecule has 0 aromatic carbocycles. The monoisotopic (exact) mass is 588 g/mol. The molecule has 1 heterocycles. The number of alkyl halides is 2. The van der Waals surface area contributed by atoms with Crippen LogP contribution in [0.5, 0.6) is 0 Å². The Bertz CT molecular complexity index is 1170. The molecule has 224 valence electrons. The van der Waals surface area contributed by atoms with Gasteiger partial charge in [-0.05, 0) is 70.1 Å². The highest BCUT2D eigenvalue weighted by Gasteiger charge is 2.81. The lowest BCUT2D eigenvalue weighted by Crippen LogP contribution is -2.70. The zero-order valence-electron chi connectivity index (χ0n) is 23.6. The van der Waals surface area contributed by atoms with Gasteiger partial charge in [0, 0.05) is 16.7 Å². The SMILES string of the molecule is CCC[C@@H]1O[C@@H]2C[C@H]3[C@@H]4C[C@H](F)C5=CC(=O)C=C[C@]5(C)[C@@]4(F)[C@@H](O)C[C@]3(C)[C@]2(C(=O)OP(=O)(OCC)OCC)O1. The summed E-state index contributed by atoms with van der Waals surface area (Å²) in [7, 11) is -4.33. The maximum atomic E-state index is 17.5. The van der Waals surface area contributed by atoms with Crippen molar-refractivity contribution in [1.29, 1.82) is 0 Å². The van der Waals surface area contributed by atoms with Crippen LogP contribution >= 0.6 is 7.82 Å². The molecule has 40 heavy (non-hydrogen) atoms. The van der Waals surface area contributed by atoms with Crippen molar-refractivity contribution in [3.8, 4) is 0 Å². The number of aliphatic hydroxyl groups is 1. The van der Waals surface area contributed by atoms with Crippen molar-refractivity contribution >= 4 is 19.6 Å². The summed E-state index contributed by atoms with van der Waals surface area (Å²) >= 11 is 0. The fraction of sp³-hybridized carbons (Fsp3) is 0.786. The van der Waals surface area contributed by atoms with Crippen LogP contribution in [0.15, 0.2) is 23.8 Å². The summed E-state index contributed by atoms with van der Waals surface area (Å²) in [5.74, 6) is -3.19. The van der Waals surface area contributed by atoms with E-state index < -0.39 is 78.2 Å². The lowest BCUT2D eigenvalue weighted by Gasteiger charge is -2.62. The molecule has 10 atom stereocenters. The molecule has 12 heteroatoms. The van der Waals surface area contributed by atoms with Crippen LogP contribution in [0.4, 0.5) is 8.78 Å². The Kier molecular flexibility index (Phi) is 7.54. The van der Waals surface area contributed by atoms with Crippen molar-refractivity contribution in [2.75, 3.05) is 13.2 Å². The smallest absolute Gasteiger partial charge is 0.390 e. The fourth-order valence-electron chi connectivity index (χ4n) is 8.31. The molecular weight excluding hydrogens is 549 g/mol. The normalized spacial score (nSPS) is 45.8. The molecule has 1 aliphatic heterocycles. The number of aliphatic hydroxyl groups excluding tert-OH is 1. The standard InChI is InChI=1S/C28H39F2O9P/c1-6-9-23-37-22-14-17-18-13-20(29)19-12-16(31)10-11-25(19,4)27(18,30)21(32)15-26(17,5)28(22,38-23)24(33)39-40(34,35-7-2)36-8-3/h10-12,17-18,20-23,32H,6-9,13-15H2,1-5H3/t17-,18-,20-,21-,22+,23+,25-,26-,27-,28-/m0/s1. The molecule has 0 bridgehead atoms. The molecule has 0 aromatic heterocycles. The van der Waals surface area contributed by atoms with Gasteiger partial charge >= 0.3 is 13.8 Å². The number of rotatable bonds is 8. The Morgan fingerprint density at radius 1 is 1.18 bits per heavy atom. The number of fused-ring (bicyclic) bond motifs is 7. The molecule has 9 nitrogen and oxygen atoms in total. The van der Waals surface area contributed by atoms with Gasteiger partial charge in [0.05, 0.1) is 19.3 Å². The molecule has 0 unspecified atom stereocenters. The van der Waals surface area contributed by atoms with E-state index in [2.05, 4.69) is 0 Å². The van der Waals surface area contributed by atoms with Crippen molar-refractivity contribution in [1.82, 2.24) is 0 Å². The third-order valence-electron chi connectivity index (χ3n) is 10.0.